The summed E-state index contributed by atoms with van der Waals surface area (Å²) in [5.74, 6) is 0. The van der Waals surface area contributed by atoms with Gasteiger partial charge in [0.05, 0.1) is 5.70 Å². The molecule has 0 amide bonds. The zero-order valence-corrected chi connectivity index (χ0v) is 6.63. The van der Waals surface area contributed by atoms with Gasteiger partial charge in [0.1, 0.15) is 0 Å². The van der Waals surface area contributed by atoms with Gasteiger partial charge in [-0.05, 0) is 6.08 Å². The monoisotopic (exact) mass is 139 g/mol. The second kappa shape index (κ2) is 4.73. The van der Waals surface area contributed by atoms with Gasteiger partial charge in [0.25, 0.3) is 0 Å². The highest BCUT2D eigenvalue weighted by molar-refractivity contribution is 5.84. The molecule has 0 rings (SSSR count). The molecule has 0 aromatic heterocycles. The van der Waals surface area contributed by atoms with E-state index in [0.29, 0.717) is 0 Å². The van der Waals surface area contributed by atoms with Crippen LogP contribution in [-0.4, -0.2) is 38.5 Å². The number of rotatable bonds is 3. The van der Waals surface area contributed by atoms with Gasteiger partial charge in [-0.25, -0.2) is 0 Å². The second-order valence-corrected chi connectivity index (χ2v) is 2.04. The van der Waals surface area contributed by atoms with Crippen molar-refractivity contribution in [1.29, 1.82) is 5.41 Å². The van der Waals surface area contributed by atoms with Gasteiger partial charge in [0, 0.05) is 33.6 Å². The van der Waals surface area contributed by atoms with Crippen LogP contribution in [-0.2, 0) is 0 Å². The van der Waals surface area contributed by atoms with Crippen LogP contribution in [0.1, 0.15) is 0 Å². The van der Waals surface area contributed by atoms with Crippen molar-refractivity contribution in [2.24, 2.45) is 4.99 Å². The summed E-state index contributed by atoms with van der Waals surface area (Å²) in [4.78, 5) is 5.63. The average molecular weight is 139 g/mol. The Morgan fingerprint density at radius 3 is 2.40 bits per heavy atom. The largest absolute Gasteiger partial charge is 0.376 e. The van der Waals surface area contributed by atoms with Crippen molar-refractivity contribution in [2.75, 3.05) is 21.1 Å². The number of hydrogen-bond donors (Lipinski definition) is 1. The molecule has 3 nitrogen and oxygen atoms in total. The molecule has 0 fully saturated rings. The van der Waals surface area contributed by atoms with E-state index in [2.05, 4.69) is 4.99 Å². The van der Waals surface area contributed by atoms with Gasteiger partial charge in [0.2, 0.25) is 0 Å². The number of hydrogen-bond acceptors (Lipinski definition) is 3. The SMILES string of the molecule is CN=C/C=C(\C=N)N(C)C. The fraction of sp³-hybridized carbons (Fsp3) is 0.429. The molecule has 3 heteroatoms. The van der Waals surface area contributed by atoms with Crippen LogP contribution < -0.4 is 0 Å². The van der Waals surface area contributed by atoms with Gasteiger partial charge >= 0.3 is 0 Å². The highest BCUT2D eigenvalue weighted by Crippen LogP contribution is 1.90. The molecule has 0 aromatic carbocycles. The van der Waals surface area contributed by atoms with E-state index in [9.17, 15) is 0 Å². The maximum Gasteiger partial charge on any atom is 0.0555 e. The lowest BCUT2D eigenvalue weighted by molar-refractivity contribution is 0.542. The summed E-state index contributed by atoms with van der Waals surface area (Å²) in [7, 11) is 5.48. The molecule has 0 saturated carbocycles. The van der Waals surface area contributed by atoms with Crippen molar-refractivity contribution in [3.63, 3.8) is 0 Å². The summed E-state index contributed by atoms with van der Waals surface area (Å²) < 4.78 is 0. The Labute approximate surface area is 61.6 Å². The van der Waals surface area contributed by atoms with Gasteiger partial charge in [-0.15, -0.1) is 0 Å². The Kier molecular flexibility index (Phi) is 4.20. The summed E-state index contributed by atoms with van der Waals surface area (Å²) in [5, 5.41) is 6.97. The number of nitrogens with zero attached hydrogens (tertiary/aromatic N) is 2. The molecule has 0 aliphatic carbocycles. The Bertz CT molecular complexity index is 156. The van der Waals surface area contributed by atoms with Crippen molar-refractivity contribution in [3.8, 4) is 0 Å². The zero-order valence-electron chi connectivity index (χ0n) is 6.63. The minimum Gasteiger partial charge on any atom is -0.376 e. The van der Waals surface area contributed by atoms with Crippen LogP contribution in [0, 0.1) is 5.41 Å². The van der Waals surface area contributed by atoms with Gasteiger partial charge in [0.15, 0.2) is 0 Å². The molecule has 0 aliphatic rings. The van der Waals surface area contributed by atoms with E-state index >= 15 is 0 Å². The van der Waals surface area contributed by atoms with E-state index in [1.54, 1.807) is 19.3 Å². The third-order valence-corrected chi connectivity index (χ3v) is 1.06. The van der Waals surface area contributed by atoms with Crippen LogP contribution in [0.15, 0.2) is 16.8 Å². The Morgan fingerprint density at radius 1 is 1.50 bits per heavy atom. The molecule has 0 aliphatic heterocycles. The smallest absolute Gasteiger partial charge is 0.0555 e. The molecule has 0 spiro atoms. The van der Waals surface area contributed by atoms with Crippen LogP contribution in [0.5, 0.6) is 0 Å². The Hall–Kier alpha value is -1.12. The standard InChI is InChI=1S/C7H13N3/c1-9-5-4-7(6-8)10(2)3/h4-6,8H,1-3H3/b7-4+,8-6?,9-5?. The molecule has 0 atom stereocenters. The normalized spacial score (nSPS) is 12.1. The lowest BCUT2D eigenvalue weighted by Gasteiger charge is -2.10. The highest BCUT2D eigenvalue weighted by Gasteiger charge is 1.90. The molecule has 0 radical (unpaired) electrons. The maximum atomic E-state index is 6.97. The molecular weight excluding hydrogens is 126 g/mol. The second-order valence-electron chi connectivity index (χ2n) is 2.04. The molecule has 0 bridgehead atoms. The Balaban J connectivity index is 4.18. The van der Waals surface area contributed by atoms with Crippen molar-refractivity contribution in [2.45, 2.75) is 0 Å². The van der Waals surface area contributed by atoms with Gasteiger partial charge < -0.3 is 10.3 Å². The lowest BCUT2D eigenvalue weighted by Crippen LogP contribution is -2.11. The van der Waals surface area contributed by atoms with Crippen LogP contribution in [0.25, 0.3) is 0 Å². The molecule has 0 unspecified atom stereocenters. The van der Waals surface area contributed by atoms with E-state index in [4.69, 9.17) is 5.41 Å². The van der Waals surface area contributed by atoms with E-state index in [-0.39, 0.29) is 0 Å². The van der Waals surface area contributed by atoms with Crippen LogP contribution >= 0.6 is 0 Å². The first-order valence-corrected chi connectivity index (χ1v) is 3.02. The summed E-state index contributed by atoms with van der Waals surface area (Å²) in [6.45, 7) is 0. The predicted molar refractivity (Wildman–Crippen MR) is 45.0 cm³/mol. The van der Waals surface area contributed by atoms with Crippen molar-refractivity contribution < 1.29 is 0 Å². The van der Waals surface area contributed by atoms with E-state index < -0.39 is 0 Å². The van der Waals surface area contributed by atoms with Crippen molar-refractivity contribution in [3.05, 3.63) is 11.8 Å². The molecule has 0 saturated heterocycles. The maximum absolute atomic E-state index is 6.97. The first kappa shape index (κ1) is 8.88. The van der Waals surface area contributed by atoms with E-state index in [0.717, 1.165) is 5.70 Å². The molecule has 0 aromatic rings. The van der Waals surface area contributed by atoms with Crippen LogP contribution in [0.4, 0.5) is 0 Å². The topological polar surface area (TPSA) is 39.5 Å². The summed E-state index contributed by atoms with van der Waals surface area (Å²) in [5.41, 5.74) is 0.839. The van der Waals surface area contributed by atoms with E-state index in [1.165, 1.54) is 6.21 Å². The fourth-order valence-electron chi connectivity index (χ4n) is 0.477. The average Bonchev–Trinajstić information content (AvgIpc) is 1.89. The molecule has 10 heavy (non-hydrogen) atoms. The highest BCUT2D eigenvalue weighted by atomic mass is 15.1. The molecule has 1 N–H and O–H groups in total. The zero-order chi connectivity index (χ0) is 7.98. The third-order valence-electron chi connectivity index (χ3n) is 1.06. The minimum absolute atomic E-state index is 0.839. The molecule has 0 heterocycles. The van der Waals surface area contributed by atoms with Gasteiger partial charge in [-0.3, -0.25) is 4.99 Å². The summed E-state index contributed by atoms with van der Waals surface area (Å²) in [6, 6.07) is 0. The molecule has 56 valence electrons. The van der Waals surface area contributed by atoms with Crippen LogP contribution in [0.3, 0.4) is 0 Å². The fourth-order valence-corrected chi connectivity index (χ4v) is 0.477. The van der Waals surface area contributed by atoms with E-state index in [1.807, 2.05) is 19.0 Å². The van der Waals surface area contributed by atoms with Crippen molar-refractivity contribution >= 4 is 12.4 Å². The van der Waals surface area contributed by atoms with Crippen molar-refractivity contribution in [1.82, 2.24) is 4.90 Å². The number of allylic oxidation sites excluding steroid dienone is 2. The quantitative estimate of drug-likeness (QED) is 0.577. The number of nitrogens with one attached hydrogen (secondary N) is 1. The minimum atomic E-state index is 0.839. The Morgan fingerprint density at radius 2 is 2.10 bits per heavy atom. The summed E-state index contributed by atoms with van der Waals surface area (Å²) in [6.07, 6.45) is 4.75. The van der Waals surface area contributed by atoms with Crippen LogP contribution in [0.2, 0.25) is 0 Å². The van der Waals surface area contributed by atoms with Gasteiger partial charge in [-0.2, -0.15) is 0 Å². The molecular formula is C7H13N3. The van der Waals surface area contributed by atoms with Gasteiger partial charge in [-0.1, -0.05) is 0 Å². The summed E-state index contributed by atoms with van der Waals surface area (Å²) >= 11 is 0. The lowest BCUT2D eigenvalue weighted by atomic mass is 10.4. The first-order valence-electron chi connectivity index (χ1n) is 3.02. The predicted octanol–water partition coefficient (Wildman–Crippen LogP) is 0.782. The number of aliphatic imine (C=N–C) groups is 1. The first-order chi connectivity index (χ1) is 4.72. The third kappa shape index (κ3) is 3.02.